The van der Waals surface area contributed by atoms with Crippen molar-refractivity contribution in [1.82, 2.24) is 20.0 Å². The molecule has 2 aromatic heterocycles. The molecule has 3 heterocycles. The van der Waals surface area contributed by atoms with Crippen molar-refractivity contribution in [3.8, 4) is 5.88 Å². The van der Waals surface area contributed by atoms with Crippen LogP contribution in [0.15, 0.2) is 27.7 Å². The number of anilines is 1. The first-order valence-electron chi connectivity index (χ1n) is 9.85. The monoisotopic (exact) mass is 423 g/mol. The minimum atomic E-state index is -3.24. The molecule has 9 nitrogen and oxygen atoms in total. The SMILES string of the molecule is CC(C)c1noc(N2CCN(C(C)CCOc3ccc(S(C)(=O)=O)cn3)CC2)n1. The molecule has 0 amide bonds. The Hall–Kier alpha value is -2.20. The molecule has 1 aliphatic heterocycles. The summed E-state index contributed by atoms with van der Waals surface area (Å²) in [6.07, 6.45) is 3.34. The van der Waals surface area contributed by atoms with Gasteiger partial charge in [0.1, 0.15) is 0 Å². The van der Waals surface area contributed by atoms with E-state index in [4.69, 9.17) is 9.26 Å². The summed E-state index contributed by atoms with van der Waals surface area (Å²) in [5.41, 5.74) is 0. The molecule has 29 heavy (non-hydrogen) atoms. The molecule has 0 aromatic carbocycles. The standard InChI is InChI=1S/C19H29N5O4S/c1-14(2)18-21-19(28-22-18)24-10-8-23(9-11-24)15(3)7-12-27-17-6-5-16(13-20-17)29(4,25)26/h5-6,13-15H,7-12H2,1-4H3. The molecule has 1 saturated heterocycles. The van der Waals surface area contributed by atoms with E-state index in [0.29, 0.717) is 24.5 Å². The lowest BCUT2D eigenvalue weighted by Gasteiger charge is -2.37. The van der Waals surface area contributed by atoms with Crippen LogP contribution in [0.2, 0.25) is 0 Å². The number of nitrogens with zero attached hydrogens (tertiary/aromatic N) is 5. The molecular formula is C19H29N5O4S. The minimum absolute atomic E-state index is 0.192. The van der Waals surface area contributed by atoms with Gasteiger partial charge < -0.3 is 14.2 Å². The third kappa shape index (κ3) is 5.66. The van der Waals surface area contributed by atoms with Crippen LogP contribution in [0.1, 0.15) is 38.9 Å². The molecule has 1 aliphatic rings. The number of piperazine rings is 1. The molecule has 2 aromatic rings. The summed E-state index contributed by atoms with van der Waals surface area (Å²) in [6.45, 7) is 10.3. The molecule has 160 valence electrons. The summed E-state index contributed by atoms with van der Waals surface area (Å²) in [6, 6.07) is 4.08. The zero-order valence-corrected chi connectivity index (χ0v) is 18.2. The summed E-state index contributed by atoms with van der Waals surface area (Å²) < 4.78 is 34.0. The van der Waals surface area contributed by atoms with E-state index < -0.39 is 9.84 Å². The van der Waals surface area contributed by atoms with E-state index >= 15 is 0 Å². The van der Waals surface area contributed by atoms with Gasteiger partial charge in [-0.1, -0.05) is 19.0 Å². The lowest BCUT2D eigenvalue weighted by Crippen LogP contribution is -2.50. The van der Waals surface area contributed by atoms with Crippen LogP contribution in [0.25, 0.3) is 0 Å². The molecule has 0 radical (unpaired) electrons. The zero-order chi connectivity index (χ0) is 21.0. The highest BCUT2D eigenvalue weighted by Gasteiger charge is 2.24. The second-order valence-corrected chi connectivity index (χ2v) is 9.72. The van der Waals surface area contributed by atoms with Gasteiger partial charge in [0.05, 0.1) is 11.5 Å². The predicted molar refractivity (Wildman–Crippen MR) is 109 cm³/mol. The van der Waals surface area contributed by atoms with Crippen molar-refractivity contribution < 1.29 is 17.7 Å². The third-order valence-corrected chi connectivity index (χ3v) is 6.18. The Morgan fingerprint density at radius 2 is 1.90 bits per heavy atom. The maximum atomic E-state index is 11.5. The summed E-state index contributed by atoms with van der Waals surface area (Å²) in [5, 5.41) is 4.04. The van der Waals surface area contributed by atoms with Crippen molar-refractivity contribution in [2.75, 3.05) is 43.9 Å². The highest BCUT2D eigenvalue weighted by molar-refractivity contribution is 7.90. The van der Waals surface area contributed by atoms with Crippen LogP contribution in [0, 0.1) is 0 Å². The molecule has 3 rings (SSSR count). The van der Waals surface area contributed by atoms with Gasteiger partial charge in [-0.05, 0) is 19.4 Å². The average Bonchev–Trinajstić information content (AvgIpc) is 3.18. The molecule has 1 unspecified atom stereocenters. The van der Waals surface area contributed by atoms with Gasteiger partial charge in [0.25, 0.3) is 0 Å². The largest absolute Gasteiger partial charge is 0.478 e. The fourth-order valence-electron chi connectivity index (χ4n) is 3.13. The first kappa shape index (κ1) is 21.5. The van der Waals surface area contributed by atoms with Gasteiger partial charge in [0, 0.05) is 56.7 Å². The molecule has 10 heteroatoms. The summed E-state index contributed by atoms with van der Waals surface area (Å²) in [5.74, 6) is 1.43. The fraction of sp³-hybridized carbons (Fsp3) is 0.632. The van der Waals surface area contributed by atoms with E-state index in [0.717, 1.165) is 44.7 Å². The third-order valence-electron chi connectivity index (χ3n) is 5.08. The Morgan fingerprint density at radius 3 is 2.45 bits per heavy atom. The van der Waals surface area contributed by atoms with Crippen LogP contribution >= 0.6 is 0 Å². The highest BCUT2D eigenvalue weighted by atomic mass is 32.2. The van der Waals surface area contributed by atoms with Gasteiger partial charge in [-0.25, -0.2) is 13.4 Å². The average molecular weight is 424 g/mol. The lowest BCUT2D eigenvalue weighted by molar-refractivity contribution is 0.162. The van der Waals surface area contributed by atoms with E-state index in [1.54, 1.807) is 6.07 Å². The molecule has 0 spiro atoms. The van der Waals surface area contributed by atoms with Crippen molar-refractivity contribution in [2.45, 2.75) is 44.0 Å². The molecule has 1 atom stereocenters. The molecule has 0 aliphatic carbocycles. The van der Waals surface area contributed by atoms with Crippen molar-refractivity contribution in [3.63, 3.8) is 0 Å². The summed E-state index contributed by atoms with van der Waals surface area (Å²) in [4.78, 5) is 13.3. The second-order valence-electron chi connectivity index (χ2n) is 7.70. The number of sulfone groups is 1. The maximum Gasteiger partial charge on any atom is 0.324 e. The minimum Gasteiger partial charge on any atom is -0.478 e. The normalized spacial score (nSPS) is 16.9. The van der Waals surface area contributed by atoms with Gasteiger partial charge in [0.15, 0.2) is 15.7 Å². The molecule has 0 N–H and O–H groups in total. The van der Waals surface area contributed by atoms with Crippen LogP contribution in [-0.4, -0.2) is 73.5 Å². The van der Waals surface area contributed by atoms with Crippen LogP contribution in [0.5, 0.6) is 5.88 Å². The van der Waals surface area contributed by atoms with Crippen molar-refractivity contribution in [2.24, 2.45) is 0 Å². The number of hydrogen-bond donors (Lipinski definition) is 0. The van der Waals surface area contributed by atoms with Crippen molar-refractivity contribution >= 4 is 15.9 Å². The fourth-order valence-corrected chi connectivity index (χ4v) is 3.69. The molecule has 0 saturated carbocycles. The van der Waals surface area contributed by atoms with Gasteiger partial charge in [0.2, 0.25) is 5.88 Å². The zero-order valence-electron chi connectivity index (χ0n) is 17.4. The number of ether oxygens (including phenoxy) is 1. The van der Waals surface area contributed by atoms with Crippen molar-refractivity contribution in [3.05, 3.63) is 24.2 Å². The number of aromatic nitrogens is 3. The quantitative estimate of drug-likeness (QED) is 0.630. The Bertz CT molecular complexity index is 890. The summed E-state index contributed by atoms with van der Waals surface area (Å²) >= 11 is 0. The molecular weight excluding hydrogens is 394 g/mol. The van der Waals surface area contributed by atoms with Gasteiger partial charge >= 0.3 is 6.01 Å². The van der Waals surface area contributed by atoms with Crippen LogP contribution in [0.4, 0.5) is 6.01 Å². The Morgan fingerprint density at radius 1 is 1.17 bits per heavy atom. The summed E-state index contributed by atoms with van der Waals surface area (Å²) in [7, 11) is -3.24. The van der Waals surface area contributed by atoms with Crippen LogP contribution in [0.3, 0.4) is 0 Å². The van der Waals surface area contributed by atoms with E-state index in [-0.39, 0.29) is 10.8 Å². The van der Waals surface area contributed by atoms with E-state index in [1.807, 2.05) is 13.8 Å². The Labute approximate surface area is 172 Å². The van der Waals surface area contributed by atoms with Gasteiger partial charge in [-0.2, -0.15) is 4.98 Å². The van der Waals surface area contributed by atoms with Crippen LogP contribution < -0.4 is 9.64 Å². The van der Waals surface area contributed by atoms with Gasteiger partial charge in [-0.15, -0.1) is 0 Å². The number of hydrogen-bond acceptors (Lipinski definition) is 9. The van der Waals surface area contributed by atoms with E-state index in [9.17, 15) is 8.42 Å². The topological polar surface area (TPSA) is 102 Å². The second kappa shape index (κ2) is 9.08. The van der Waals surface area contributed by atoms with E-state index in [1.165, 1.54) is 12.3 Å². The van der Waals surface area contributed by atoms with Gasteiger partial charge in [-0.3, -0.25) is 4.90 Å². The van der Waals surface area contributed by atoms with Crippen molar-refractivity contribution in [1.29, 1.82) is 0 Å². The Balaban J connectivity index is 1.42. The maximum absolute atomic E-state index is 11.5. The smallest absolute Gasteiger partial charge is 0.324 e. The van der Waals surface area contributed by atoms with Crippen LogP contribution in [-0.2, 0) is 9.84 Å². The molecule has 0 bridgehead atoms. The number of rotatable bonds is 8. The predicted octanol–water partition coefficient (Wildman–Crippen LogP) is 1.97. The number of pyridine rings is 1. The van der Waals surface area contributed by atoms with E-state index in [2.05, 4.69) is 31.8 Å². The first-order chi connectivity index (χ1) is 13.7. The first-order valence-corrected chi connectivity index (χ1v) is 11.7. The Kier molecular flexibility index (Phi) is 6.74. The highest BCUT2D eigenvalue weighted by Crippen LogP contribution is 2.19. The lowest BCUT2D eigenvalue weighted by atomic mass is 10.2. The molecule has 1 fully saturated rings.